The predicted octanol–water partition coefficient (Wildman–Crippen LogP) is 2.81. The number of piperazine rings is 1. The van der Waals surface area contributed by atoms with Gasteiger partial charge in [0.25, 0.3) is 0 Å². The lowest BCUT2D eigenvalue weighted by Crippen LogP contribution is -2.49. The van der Waals surface area contributed by atoms with E-state index < -0.39 is 11.7 Å². The summed E-state index contributed by atoms with van der Waals surface area (Å²) in [4.78, 5) is 2.02. The molecule has 1 heterocycles. The molecule has 0 bridgehead atoms. The smallest absolute Gasteiger partial charge is 0.368 e. The van der Waals surface area contributed by atoms with E-state index in [2.05, 4.69) is 5.32 Å². The number of hydrogen-bond donors (Lipinski definition) is 1. The fraction of sp³-hybridized carbons (Fsp3) is 0.538. The first-order valence-corrected chi connectivity index (χ1v) is 6.04. The third-order valence-electron chi connectivity index (χ3n) is 3.25. The van der Waals surface area contributed by atoms with Gasteiger partial charge in [0.15, 0.2) is 0 Å². The van der Waals surface area contributed by atoms with Crippen molar-refractivity contribution in [2.45, 2.75) is 26.1 Å². The van der Waals surface area contributed by atoms with Gasteiger partial charge in [-0.15, -0.1) is 0 Å². The zero-order valence-electron chi connectivity index (χ0n) is 10.5. The van der Waals surface area contributed by atoms with Crippen LogP contribution in [0.2, 0.25) is 0 Å². The van der Waals surface area contributed by atoms with Crippen molar-refractivity contribution in [2.24, 2.45) is 0 Å². The Morgan fingerprint density at radius 3 is 2.67 bits per heavy atom. The predicted molar refractivity (Wildman–Crippen MR) is 65.9 cm³/mol. The van der Waals surface area contributed by atoms with E-state index >= 15 is 0 Å². The molecule has 0 aromatic heterocycles. The molecule has 5 heteroatoms. The van der Waals surface area contributed by atoms with Crippen LogP contribution >= 0.6 is 0 Å². The SMILES string of the molecule is Cc1ccc(C(F)(F)F)cc1N1CCNC(C)C1. The number of rotatable bonds is 1. The molecule has 0 amide bonds. The van der Waals surface area contributed by atoms with Gasteiger partial charge in [-0.25, -0.2) is 0 Å². The van der Waals surface area contributed by atoms with Crippen molar-refractivity contribution in [3.8, 4) is 0 Å². The molecule has 1 aliphatic heterocycles. The first-order valence-electron chi connectivity index (χ1n) is 6.04. The molecule has 1 aromatic carbocycles. The van der Waals surface area contributed by atoms with E-state index in [9.17, 15) is 13.2 Å². The van der Waals surface area contributed by atoms with E-state index in [0.29, 0.717) is 11.7 Å². The number of aryl methyl sites for hydroxylation is 1. The standard InChI is InChI=1S/C13H17F3N2/c1-9-3-4-11(13(14,15)16)7-12(9)18-6-5-17-10(2)8-18/h3-4,7,10,17H,5-6,8H2,1-2H3. The second kappa shape index (κ2) is 4.80. The molecule has 0 aliphatic carbocycles. The first-order chi connectivity index (χ1) is 8.38. The van der Waals surface area contributed by atoms with E-state index in [1.165, 1.54) is 6.07 Å². The number of nitrogens with one attached hydrogen (secondary N) is 1. The summed E-state index contributed by atoms with van der Waals surface area (Å²) in [5.41, 5.74) is 1.00. The maximum atomic E-state index is 12.7. The number of benzene rings is 1. The van der Waals surface area contributed by atoms with Crippen LogP contribution in [0.4, 0.5) is 18.9 Å². The minimum atomic E-state index is -4.28. The molecule has 18 heavy (non-hydrogen) atoms. The molecule has 1 fully saturated rings. The number of halogens is 3. The average molecular weight is 258 g/mol. The van der Waals surface area contributed by atoms with E-state index in [-0.39, 0.29) is 0 Å². The normalized spacial score (nSPS) is 21.2. The fourth-order valence-electron chi connectivity index (χ4n) is 2.28. The van der Waals surface area contributed by atoms with E-state index in [0.717, 1.165) is 31.3 Å². The Hall–Kier alpha value is -1.23. The highest BCUT2D eigenvalue weighted by molar-refractivity contribution is 5.56. The summed E-state index contributed by atoms with van der Waals surface area (Å²) in [6, 6.07) is 4.25. The monoisotopic (exact) mass is 258 g/mol. The van der Waals surface area contributed by atoms with Crippen LogP contribution in [0, 0.1) is 6.92 Å². The summed E-state index contributed by atoms with van der Waals surface area (Å²) in [5.74, 6) is 0. The maximum Gasteiger partial charge on any atom is 0.416 e. The van der Waals surface area contributed by atoms with Gasteiger partial charge in [0.1, 0.15) is 0 Å². The Labute approximate surface area is 105 Å². The van der Waals surface area contributed by atoms with E-state index in [1.54, 1.807) is 6.07 Å². The molecule has 0 radical (unpaired) electrons. The summed E-state index contributed by atoms with van der Waals surface area (Å²) < 4.78 is 38.1. The summed E-state index contributed by atoms with van der Waals surface area (Å²) in [5, 5.41) is 3.28. The lowest BCUT2D eigenvalue weighted by Gasteiger charge is -2.35. The summed E-state index contributed by atoms with van der Waals surface area (Å²) in [6.45, 7) is 6.17. The molecule has 100 valence electrons. The Morgan fingerprint density at radius 2 is 2.06 bits per heavy atom. The summed E-state index contributed by atoms with van der Waals surface area (Å²) in [7, 11) is 0. The molecule has 2 nitrogen and oxygen atoms in total. The zero-order valence-corrected chi connectivity index (χ0v) is 10.5. The fourth-order valence-corrected chi connectivity index (χ4v) is 2.28. The second-order valence-corrected chi connectivity index (χ2v) is 4.80. The molecule has 1 aromatic rings. The molecule has 1 atom stereocenters. The lowest BCUT2D eigenvalue weighted by atomic mass is 10.1. The highest BCUT2D eigenvalue weighted by Gasteiger charge is 2.31. The summed E-state index contributed by atoms with van der Waals surface area (Å²) >= 11 is 0. The number of anilines is 1. The molecule has 0 spiro atoms. The van der Waals surface area contributed by atoms with Crippen molar-refractivity contribution in [1.29, 1.82) is 0 Å². The van der Waals surface area contributed by atoms with Gasteiger partial charge in [0.05, 0.1) is 5.56 Å². The topological polar surface area (TPSA) is 15.3 Å². The van der Waals surface area contributed by atoms with Gasteiger partial charge >= 0.3 is 6.18 Å². The molecule has 1 saturated heterocycles. The Bertz CT molecular complexity index is 429. The molecule has 0 saturated carbocycles. The molecule has 2 rings (SSSR count). The average Bonchev–Trinajstić information content (AvgIpc) is 2.28. The zero-order chi connectivity index (χ0) is 13.3. The largest absolute Gasteiger partial charge is 0.416 e. The first kappa shape index (κ1) is 13.2. The van der Waals surface area contributed by atoms with Crippen LogP contribution in [0.1, 0.15) is 18.1 Å². The second-order valence-electron chi connectivity index (χ2n) is 4.80. The van der Waals surface area contributed by atoms with Gasteiger partial charge in [-0.2, -0.15) is 13.2 Å². The Balaban J connectivity index is 2.31. The number of nitrogens with zero attached hydrogens (tertiary/aromatic N) is 1. The molecule has 1 aliphatic rings. The highest BCUT2D eigenvalue weighted by Crippen LogP contribution is 2.33. The van der Waals surface area contributed by atoms with Crippen LogP contribution in [-0.4, -0.2) is 25.7 Å². The van der Waals surface area contributed by atoms with Crippen LogP contribution in [0.3, 0.4) is 0 Å². The third-order valence-corrected chi connectivity index (χ3v) is 3.25. The van der Waals surface area contributed by atoms with Crippen molar-refractivity contribution >= 4 is 5.69 Å². The van der Waals surface area contributed by atoms with Crippen molar-refractivity contribution in [3.05, 3.63) is 29.3 Å². The lowest BCUT2D eigenvalue weighted by molar-refractivity contribution is -0.137. The highest BCUT2D eigenvalue weighted by atomic mass is 19.4. The van der Waals surface area contributed by atoms with Crippen LogP contribution < -0.4 is 10.2 Å². The van der Waals surface area contributed by atoms with E-state index in [4.69, 9.17) is 0 Å². The van der Waals surface area contributed by atoms with Gasteiger partial charge in [0, 0.05) is 31.4 Å². The molecule has 1 unspecified atom stereocenters. The quantitative estimate of drug-likeness (QED) is 0.833. The van der Waals surface area contributed by atoms with Gasteiger partial charge in [-0.1, -0.05) is 6.07 Å². The third kappa shape index (κ3) is 2.77. The minimum Gasteiger partial charge on any atom is -0.368 e. The molecule has 1 N–H and O–H groups in total. The molecular formula is C13H17F3N2. The number of alkyl halides is 3. The number of hydrogen-bond acceptors (Lipinski definition) is 2. The van der Waals surface area contributed by atoms with Crippen LogP contribution in [0.15, 0.2) is 18.2 Å². The van der Waals surface area contributed by atoms with Crippen molar-refractivity contribution in [1.82, 2.24) is 5.32 Å². The van der Waals surface area contributed by atoms with Gasteiger partial charge in [-0.3, -0.25) is 0 Å². The van der Waals surface area contributed by atoms with Crippen molar-refractivity contribution in [2.75, 3.05) is 24.5 Å². The maximum absolute atomic E-state index is 12.7. The minimum absolute atomic E-state index is 0.299. The van der Waals surface area contributed by atoms with E-state index in [1.807, 2.05) is 18.7 Å². The van der Waals surface area contributed by atoms with Crippen molar-refractivity contribution in [3.63, 3.8) is 0 Å². The van der Waals surface area contributed by atoms with Crippen LogP contribution in [-0.2, 0) is 6.18 Å². The van der Waals surface area contributed by atoms with Crippen molar-refractivity contribution < 1.29 is 13.2 Å². The van der Waals surface area contributed by atoms with Crippen LogP contribution in [0.5, 0.6) is 0 Å². The summed E-state index contributed by atoms with van der Waals surface area (Å²) in [6.07, 6.45) is -4.28. The Kier molecular flexibility index (Phi) is 3.52. The van der Waals surface area contributed by atoms with Crippen LogP contribution in [0.25, 0.3) is 0 Å². The van der Waals surface area contributed by atoms with Gasteiger partial charge in [-0.05, 0) is 31.5 Å². The Morgan fingerprint density at radius 1 is 1.33 bits per heavy atom. The van der Waals surface area contributed by atoms with Gasteiger partial charge < -0.3 is 10.2 Å². The van der Waals surface area contributed by atoms with Gasteiger partial charge in [0.2, 0.25) is 0 Å². The molecular weight excluding hydrogens is 241 g/mol.